The lowest BCUT2D eigenvalue weighted by Crippen LogP contribution is -2.56. The fraction of sp³-hybridized carbons (Fsp3) is 0.368. The molecule has 0 aromatic heterocycles. The van der Waals surface area contributed by atoms with Crippen LogP contribution in [0.5, 0.6) is 0 Å². The van der Waals surface area contributed by atoms with E-state index < -0.39 is 11.3 Å². The quantitative estimate of drug-likeness (QED) is 0.741. The van der Waals surface area contributed by atoms with E-state index in [1.54, 1.807) is 28.5 Å². The molecule has 6 nitrogen and oxygen atoms in total. The van der Waals surface area contributed by atoms with Gasteiger partial charge in [-0.2, -0.15) is 14.3 Å². The number of halogens is 1. The number of carbonyl (C=O) groups is 3. The monoisotopic (exact) mass is 388 g/mol. The van der Waals surface area contributed by atoms with Crippen LogP contribution < -0.4 is 0 Å². The molecular formula is C19H19FN3O3S+. The van der Waals surface area contributed by atoms with Gasteiger partial charge in [-0.25, -0.2) is 9.18 Å². The van der Waals surface area contributed by atoms with Crippen LogP contribution in [0.4, 0.5) is 9.18 Å². The van der Waals surface area contributed by atoms with Gasteiger partial charge < -0.3 is 4.90 Å². The van der Waals surface area contributed by atoms with Crippen molar-refractivity contribution in [2.45, 2.75) is 24.6 Å². The number of rotatable bonds is 4. The van der Waals surface area contributed by atoms with Gasteiger partial charge in [-0.1, -0.05) is 12.1 Å². The molecule has 1 atom stereocenters. The van der Waals surface area contributed by atoms with E-state index in [9.17, 15) is 18.8 Å². The summed E-state index contributed by atoms with van der Waals surface area (Å²) in [4.78, 5) is 41.3. The molecule has 4 rings (SSSR count). The van der Waals surface area contributed by atoms with E-state index in [2.05, 4.69) is 0 Å². The Morgan fingerprint density at radius 1 is 1.19 bits per heavy atom. The van der Waals surface area contributed by atoms with Gasteiger partial charge >= 0.3 is 11.9 Å². The van der Waals surface area contributed by atoms with Gasteiger partial charge in [0.2, 0.25) is 0 Å². The predicted octanol–water partition coefficient (Wildman–Crippen LogP) is 1.99. The number of nitrogens with zero attached hydrogens (tertiary/aromatic N) is 3. The smallest absolute Gasteiger partial charge is 0.339 e. The molecule has 3 heterocycles. The molecule has 0 saturated carbocycles. The first-order chi connectivity index (χ1) is 13.0. The van der Waals surface area contributed by atoms with E-state index in [-0.39, 0.29) is 30.7 Å². The number of urea groups is 1. The Hall–Kier alpha value is -2.48. The van der Waals surface area contributed by atoms with Crippen LogP contribution in [0.2, 0.25) is 0 Å². The summed E-state index contributed by atoms with van der Waals surface area (Å²) in [5.74, 6) is -0.785. The molecule has 1 aromatic carbocycles. The second kappa shape index (κ2) is 7.26. The number of carbonyl (C=O) groups excluding carboxylic acids is 3. The highest BCUT2D eigenvalue weighted by molar-refractivity contribution is 8.04. The normalized spacial score (nSPS) is 22.0. The molecule has 0 spiro atoms. The third-order valence-electron chi connectivity index (χ3n) is 4.99. The summed E-state index contributed by atoms with van der Waals surface area (Å²) in [6.07, 6.45) is 3.69. The van der Waals surface area contributed by atoms with Crippen LogP contribution >= 0.6 is 11.8 Å². The topological polar surface area (TPSA) is 60.7 Å². The lowest BCUT2D eigenvalue weighted by molar-refractivity contribution is -0.428. The molecule has 1 saturated heterocycles. The van der Waals surface area contributed by atoms with Crippen LogP contribution in [-0.4, -0.2) is 62.8 Å². The van der Waals surface area contributed by atoms with Crippen molar-refractivity contribution in [1.29, 1.82) is 0 Å². The second-order valence-corrected chi connectivity index (χ2v) is 7.77. The standard InChI is InChI=1S/C19H19FN3O3S/c20-14-5-3-13(4-6-14)11-23-18(25)17-15(7-10-27-17)22(19(23)26)12-16(24)21-8-1-2-9-21/h3-7,10,17H,1-2,8-9,11-12H2/q+1. The number of thioether (sulfide) groups is 1. The molecule has 1 unspecified atom stereocenters. The van der Waals surface area contributed by atoms with Crippen molar-refractivity contribution in [3.05, 3.63) is 47.1 Å². The largest absolute Gasteiger partial charge is 0.501 e. The number of benzene rings is 1. The molecule has 140 valence electrons. The van der Waals surface area contributed by atoms with Gasteiger partial charge in [-0.05, 0) is 42.0 Å². The molecular weight excluding hydrogens is 369 g/mol. The zero-order valence-electron chi connectivity index (χ0n) is 14.6. The summed E-state index contributed by atoms with van der Waals surface area (Å²) in [5.41, 5.74) is 1.22. The maximum atomic E-state index is 13.1. The SMILES string of the molecule is O=C(C[N+]1=C2C=CSC2C(=O)N(Cc2ccc(F)cc2)C1=O)N1CCCC1. The number of allylic oxidation sites excluding steroid dienone is 1. The van der Waals surface area contributed by atoms with E-state index in [1.807, 2.05) is 0 Å². The van der Waals surface area contributed by atoms with Crippen molar-refractivity contribution >= 4 is 35.3 Å². The van der Waals surface area contributed by atoms with Gasteiger partial charge in [0.05, 0.1) is 0 Å². The number of hydrogen-bond donors (Lipinski definition) is 0. The van der Waals surface area contributed by atoms with Crippen molar-refractivity contribution in [2.75, 3.05) is 19.6 Å². The third-order valence-corrected chi connectivity index (χ3v) is 6.00. The average molecular weight is 388 g/mol. The molecule has 1 aromatic rings. The first-order valence-electron chi connectivity index (χ1n) is 8.88. The summed E-state index contributed by atoms with van der Waals surface area (Å²) in [6, 6.07) is 5.19. The zero-order chi connectivity index (χ0) is 19.0. The van der Waals surface area contributed by atoms with Gasteiger partial charge in [0.15, 0.2) is 11.8 Å². The highest BCUT2D eigenvalue weighted by atomic mass is 32.2. The molecule has 8 heteroatoms. The Morgan fingerprint density at radius 3 is 2.59 bits per heavy atom. The number of fused-ring (bicyclic) bond motifs is 1. The average Bonchev–Trinajstić information content (AvgIpc) is 3.35. The Kier molecular flexibility index (Phi) is 4.82. The van der Waals surface area contributed by atoms with Crippen molar-refractivity contribution < 1.29 is 23.3 Å². The molecule has 0 bridgehead atoms. The third kappa shape index (κ3) is 3.41. The molecule has 4 amide bonds. The van der Waals surface area contributed by atoms with E-state index in [0.717, 1.165) is 17.7 Å². The molecule has 27 heavy (non-hydrogen) atoms. The van der Waals surface area contributed by atoms with Gasteiger partial charge in [-0.3, -0.25) is 4.79 Å². The summed E-state index contributed by atoms with van der Waals surface area (Å²) in [7, 11) is 0. The number of likely N-dealkylation sites (tertiary alicyclic amines) is 1. The maximum absolute atomic E-state index is 13.1. The Bertz CT molecular complexity index is 859. The molecule has 0 N–H and O–H groups in total. The van der Waals surface area contributed by atoms with Crippen molar-refractivity contribution in [2.24, 2.45) is 0 Å². The van der Waals surface area contributed by atoms with Crippen LogP contribution in [0.1, 0.15) is 18.4 Å². The minimum atomic E-state index is -0.519. The highest BCUT2D eigenvalue weighted by Crippen LogP contribution is 2.28. The van der Waals surface area contributed by atoms with Crippen LogP contribution in [0.3, 0.4) is 0 Å². The molecule has 3 aliphatic heterocycles. The zero-order valence-corrected chi connectivity index (χ0v) is 15.5. The molecule has 0 radical (unpaired) electrons. The predicted molar refractivity (Wildman–Crippen MR) is 98.8 cm³/mol. The van der Waals surface area contributed by atoms with Crippen LogP contribution in [0.15, 0.2) is 35.7 Å². The Labute approximate surface area is 160 Å². The van der Waals surface area contributed by atoms with Crippen LogP contribution in [0.25, 0.3) is 0 Å². The van der Waals surface area contributed by atoms with Gasteiger partial charge in [0.25, 0.3) is 5.91 Å². The van der Waals surface area contributed by atoms with E-state index in [1.165, 1.54) is 28.5 Å². The van der Waals surface area contributed by atoms with E-state index in [0.29, 0.717) is 24.4 Å². The maximum Gasteiger partial charge on any atom is 0.501 e. The van der Waals surface area contributed by atoms with Gasteiger partial charge in [0.1, 0.15) is 18.1 Å². The summed E-state index contributed by atoms with van der Waals surface area (Å²) in [5, 5.41) is 1.26. The molecule has 1 fully saturated rings. The number of hydrogen-bond acceptors (Lipinski definition) is 4. The number of imide groups is 1. The Balaban J connectivity index is 1.60. The van der Waals surface area contributed by atoms with Crippen molar-refractivity contribution in [3.63, 3.8) is 0 Å². The van der Waals surface area contributed by atoms with Crippen LogP contribution in [0, 0.1) is 5.82 Å². The fourth-order valence-corrected chi connectivity index (χ4v) is 4.50. The minimum Gasteiger partial charge on any atom is -0.339 e. The van der Waals surface area contributed by atoms with Gasteiger partial charge in [-0.15, -0.1) is 11.8 Å². The molecule has 0 aliphatic carbocycles. The van der Waals surface area contributed by atoms with Gasteiger partial charge in [0, 0.05) is 13.1 Å². The minimum absolute atomic E-state index is 0.0523. The summed E-state index contributed by atoms with van der Waals surface area (Å²) < 4.78 is 14.5. The highest BCUT2D eigenvalue weighted by Gasteiger charge is 2.49. The summed E-state index contributed by atoms with van der Waals surface area (Å²) >= 11 is 1.33. The second-order valence-electron chi connectivity index (χ2n) is 6.75. The lowest BCUT2D eigenvalue weighted by atomic mass is 10.1. The summed E-state index contributed by atoms with van der Waals surface area (Å²) in [6.45, 7) is 1.41. The van der Waals surface area contributed by atoms with E-state index >= 15 is 0 Å². The van der Waals surface area contributed by atoms with Crippen LogP contribution in [-0.2, 0) is 16.1 Å². The van der Waals surface area contributed by atoms with Crippen molar-refractivity contribution in [3.8, 4) is 0 Å². The fourth-order valence-electron chi connectivity index (χ4n) is 3.53. The Morgan fingerprint density at radius 2 is 1.89 bits per heavy atom. The first kappa shape index (κ1) is 17.9. The lowest BCUT2D eigenvalue weighted by Gasteiger charge is -2.25. The molecule has 3 aliphatic rings. The first-order valence-corrected chi connectivity index (χ1v) is 9.83. The van der Waals surface area contributed by atoms with E-state index in [4.69, 9.17) is 0 Å². The number of amides is 4. The van der Waals surface area contributed by atoms with Crippen molar-refractivity contribution in [1.82, 2.24) is 9.80 Å².